The average Bonchev–Trinajstić information content (AvgIpc) is 2.90. The van der Waals surface area contributed by atoms with E-state index in [4.69, 9.17) is 11.6 Å². The summed E-state index contributed by atoms with van der Waals surface area (Å²) in [6, 6.07) is 7.66. The zero-order chi connectivity index (χ0) is 15.6. The first-order valence-corrected chi connectivity index (χ1v) is 7.85. The van der Waals surface area contributed by atoms with E-state index in [2.05, 4.69) is 4.98 Å². The lowest BCUT2D eigenvalue weighted by Gasteiger charge is -2.25. The third kappa shape index (κ3) is 3.19. The van der Waals surface area contributed by atoms with Gasteiger partial charge in [-0.15, -0.1) is 0 Å². The molecule has 0 amide bonds. The van der Waals surface area contributed by atoms with Crippen LogP contribution in [-0.2, 0) is 6.42 Å². The van der Waals surface area contributed by atoms with E-state index in [1.165, 1.54) is 11.3 Å². The van der Waals surface area contributed by atoms with Gasteiger partial charge < -0.3 is 10.0 Å². The fourth-order valence-corrected chi connectivity index (χ4v) is 3.41. The van der Waals surface area contributed by atoms with Crippen molar-refractivity contribution < 1.29 is 9.90 Å². The summed E-state index contributed by atoms with van der Waals surface area (Å²) >= 11 is 7.43. The Balaban J connectivity index is 2.34. The normalized spacial score (nSPS) is 12.2. The Morgan fingerprint density at radius 3 is 2.67 bits per heavy atom. The van der Waals surface area contributed by atoms with E-state index < -0.39 is 5.97 Å². The van der Waals surface area contributed by atoms with Crippen molar-refractivity contribution in [2.45, 2.75) is 26.3 Å². The Labute approximate surface area is 133 Å². The van der Waals surface area contributed by atoms with Gasteiger partial charge in [-0.3, -0.25) is 0 Å². The first-order valence-electron chi connectivity index (χ1n) is 6.66. The summed E-state index contributed by atoms with van der Waals surface area (Å²) in [6.45, 7) is 3.93. The van der Waals surface area contributed by atoms with Crippen molar-refractivity contribution in [3.05, 3.63) is 45.4 Å². The quantitative estimate of drug-likeness (QED) is 0.893. The number of carbonyl (C=O) groups is 1. The van der Waals surface area contributed by atoms with E-state index in [-0.39, 0.29) is 6.04 Å². The molecule has 0 aliphatic carbocycles. The maximum absolute atomic E-state index is 11.2. The number of hydrogen-bond acceptors (Lipinski definition) is 4. The molecular formula is C15H17ClN2O2S. The summed E-state index contributed by atoms with van der Waals surface area (Å²) in [6.07, 6.45) is 0.604. The van der Waals surface area contributed by atoms with Gasteiger partial charge in [0.2, 0.25) is 0 Å². The number of carboxylic acid groups (broad SMARTS) is 1. The van der Waals surface area contributed by atoms with Gasteiger partial charge in [0.25, 0.3) is 0 Å². The molecule has 6 heteroatoms. The maximum Gasteiger partial charge on any atom is 0.347 e. The second kappa shape index (κ2) is 6.45. The van der Waals surface area contributed by atoms with Gasteiger partial charge in [-0.2, -0.15) is 0 Å². The van der Waals surface area contributed by atoms with Crippen LogP contribution < -0.4 is 4.90 Å². The van der Waals surface area contributed by atoms with Crippen LogP contribution in [0.25, 0.3) is 0 Å². The Kier molecular flexibility index (Phi) is 4.85. The molecule has 1 unspecified atom stereocenters. The molecule has 2 rings (SSSR count). The molecule has 4 nitrogen and oxygen atoms in total. The number of rotatable bonds is 5. The van der Waals surface area contributed by atoms with Crippen LogP contribution >= 0.6 is 22.9 Å². The predicted molar refractivity (Wildman–Crippen MR) is 86.7 cm³/mol. The fourth-order valence-electron chi connectivity index (χ4n) is 2.09. The van der Waals surface area contributed by atoms with E-state index in [0.717, 1.165) is 5.56 Å². The first-order chi connectivity index (χ1) is 9.95. The van der Waals surface area contributed by atoms with Gasteiger partial charge in [0, 0.05) is 12.1 Å². The largest absolute Gasteiger partial charge is 0.477 e. The Morgan fingerprint density at radius 1 is 1.48 bits per heavy atom. The Bertz CT molecular complexity index is 657. The maximum atomic E-state index is 11.2. The number of nitrogens with zero attached hydrogens (tertiary/aromatic N) is 2. The van der Waals surface area contributed by atoms with Gasteiger partial charge >= 0.3 is 5.97 Å². The number of benzene rings is 1. The molecule has 0 radical (unpaired) electrons. The third-order valence-electron chi connectivity index (χ3n) is 3.45. The minimum Gasteiger partial charge on any atom is -0.477 e. The summed E-state index contributed by atoms with van der Waals surface area (Å²) in [5, 5.41) is 10.6. The molecule has 112 valence electrons. The molecule has 0 bridgehead atoms. The topological polar surface area (TPSA) is 53.4 Å². The van der Waals surface area contributed by atoms with Crippen LogP contribution in [0.3, 0.4) is 0 Å². The van der Waals surface area contributed by atoms with Crippen LogP contribution in [0.2, 0.25) is 5.02 Å². The molecule has 0 aliphatic heterocycles. The number of aromatic carboxylic acids is 1. The van der Waals surface area contributed by atoms with Gasteiger partial charge in [-0.25, -0.2) is 9.78 Å². The number of carboxylic acids is 1. The fraction of sp³-hybridized carbons (Fsp3) is 0.333. The lowest BCUT2D eigenvalue weighted by atomic mass is 10.1. The summed E-state index contributed by atoms with van der Waals surface area (Å²) in [5.74, 6) is -0.922. The van der Waals surface area contributed by atoms with Crippen molar-refractivity contribution in [2.24, 2.45) is 0 Å². The zero-order valence-electron chi connectivity index (χ0n) is 12.1. The molecule has 1 N–H and O–H groups in total. The van der Waals surface area contributed by atoms with Crippen LogP contribution in [0, 0.1) is 0 Å². The highest BCUT2D eigenvalue weighted by molar-refractivity contribution is 7.17. The number of anilines is 1. The SMILES string of the molecule is CCc1nc(N(C)C(C)c2ccccc2Cl)sc1C(=O)O. The van der Waals surface area contributed by atoms with Crippen molar-refractivity contribution in [1.82, 2.24) is 4.98 Å². The molecule has 0 spiro atoms. The predicted octanol–water partition coefficient (Wildman–Crippen LogP) is 4.25. The van der Waals surface area contributed by atoms with Crippen LogP contribution in [0.15, 0.2) is 24.3 Å². The second-order valence-electron chi connectivity index (χ2n) is 4.74. The minimum atomic E-state index is -0.922. The van der Waals surface area contributed by atoms with E-state index in [1.807, 2.05) is 50.1 Å². The summed E-state index contributed by atoms with van der Waals surface area (Å²) in [7, 11) is 1.90. The van der Waals surface area contributed by atoms with Gasteiger partial charge in [0.15, 0.2) is 5.13 Å². The van der Waals surface area contributed by atoms with E-state index in [0.29, 0.717) is 27.1 Å². The molecule has 0 saturated heterocycles. The van der Waals surface area contributed by atoms with Crippen LogP contribution in [-0.4, -0.2) is 23.1 Å². The number of hydrogen-bond donors (Lipinski definition) is 1. The smallest absolute Gasteiger partial charge is 0.347 e. The lowest BCUT2D eigenvalue weighted by Crippen LogP contribution is -2.21. The van der Waals surface area contributed by atoms with Crippen molar-refractivity contribution in [3.63, 3.8) is 0 Å². The van der Waals surface area contributed by atoms with E-state index >= 15 is 0 Å². The van der Waals surface area contributed by atoms with Crippen molar-refractivity contribution in [1.29, 1.82) is 0 Å². The Hall–Kier alpha value is -1.59. The van der Waals surface area contributed by atoms with Crippen LogP contribution in [0.4, 0.5) is 5.13 Å². The van der Waals surface area contributed by atoms with Gasteiger partial charge in [-0.05, 0) is 25.0 Å². The molecule has 1 atom stereocenters. The molecule has 2 aromatic rings. The van der Waals surface area contributed by atoms with Crippen molar-refractivity contribution >= 4 is 34.0 Å². The molecule has 0 aliphatic rings. The highest BCUT2D eigenvalue weighted by Gasteiger charge is 2.22. The minimum absolute atomic E-state index is 0.0104. The molecular weight excluding hydrogens is 308 g/mol. The number of halogens is 1. The lowest BCUT2D eigenvalue weighted by molar-refractivity contribution is 0.0701. The molecule has 0 saturated carbocycles. The van der Waals surface area contributed by atoms with E-state index in [9.17, 15) is 9.90 Å². The highest BCUT2D eigenvalue weighted by Crippen LogP contribution is 2.33. The van der Waals surface area contributed by atoms with Crippen molar-refractivity contribution in [2.75, 3.05) is 11.9 Å². The molecule has 1 aromatic heterocycles. The van der Waals surface area contributed by atoms with Crippen LogP contribution in [0.5, 0.6) is 0 Å². The summed E-state index contributed by atoms with van der Waals surface area (Å²) < 4.78 is 0. The second-order valence-corrected chi connectivity index (χ2v) is 6.12. The first kappa shape index (κ1) is 15.8. The molecule has 1 aromatic carbocycles. The third-order valence-corrected chi connectivity index (χ3v) is 4.97. The number of aryl methyl sites for hydroxylation is 1. The average molecular weight is 325 g/mol. The number of thiazole rings is 1. The molecule has 1 heterocycles. The van der Waals surface area contributed by atoms with E-state index in [1.54, 1.807) is 0 Å². The summed E-state index contributed by atoms with van der Waals surface area (Å²) in [5.41, 5.74) is 1.62. The summed E-state index contributed by atoms with van der Waals surface area (Å²) in [4.78, 5) is 18.0. The monoisotopic (exact) mass is 324 g/mol. The highest BCUT2D eigenvalue weighted by atomic mass is 35.5. The molecule has 21 heavy (non-hydrogen) atoms. The van der Waals surface area contributed by atoms with Crippen LogP contribution in [0.1, 0.15) is 40.8 Å². The standard InChI is InChI=1S/C15H17ClN2O2S/c1-4-12-13(14(19)20)21-15(17-12)18(3)9(2)10-7-5-6-8-11(10)16/h5-9H,4H2,1-3H3,(H,19,20). The zero-order valence-corrected chi connectivity index (χ0v) is 13.7. The van der Waals surface area contributed by atoms with Gasteiger partial charge in [0.1, 0.15) is 4.88 Å². The molecule has 0 fully saturated rings. The number of aromatic nitrogens is 1. The Morgan fingerprint density at radius 2 is 2.14 bits per heavy atom. The van der Waals surface area contributed by atoms with Crippen molar-refractivity contribution in [3.8, 4) is 0 Å². The van der Waals surface area contributed by atoms with Gasteiger partial charge in [-0.1, -0.05) is 48.1 Å². The van der Waals surface area contributed by atoms with Gasteiger partial charge in [0.05, 0.1) is 11.7 Å².